The van der Waals surface area contributed by atoms with E-state index in [1.807, 2.05) is 67.9 Å². The quantitative estimate of drug-likeness (QED) is 0.354. The first-order chi connectivity index (χ1) is 16.9. The number of anilines is 1. The second-order valence-electron chi connectivity index (χ2n) is 8.64. The van der Waals surface area contributed by atoms with Crippen molar-refractivity contribution in [1.82, 2.24) is 14.5 Å². The van der Waals surface area contributed by atoms with Crippen LogP contribution < -0.4 is 9.64 Å². The molecule has 0 radical (unpaired) electrons. The Hall–Kier alpha value is -4.26. The molecular weight excluding hydrogens is 443 g/mol. The van der Waals surface area contributed by atoms with Gasteiger partial charge in [0, 0.05) is 17.5 Å². The Bertz CT molecular complexity index is 1460. The second-order valence-corrected chi connectivity index (χ2v) is 8.64. The summed E-state index contributed by atoms with van der Waals surface area (Å²) >= 11 is 0. The maximum absolute atomic E-state index is 13.7. The van der Waals surface area contributed by atoms with Gasteiger partial charge >= 0.3 is 0 Å². The highest BCUT2D eigenvalue weighted by molar-refractivity contribution is 6.35. The van der Waals surface area contributed by atoms with Crippen molar-refractivity contribution >= 4 is 23.4 Å². The first-order valence-corrected chi connectivity index (χ1v) is 11.3. The largest absolute Gasteiger partial charge is 0.495 e. The summed E-state index contributed by atoms with van der Waals surface area (Å²) < 4.78 is 21.0. The number of benzene rings is 2. The molecule has 35 heavy (non-hydrogen) atoms. The number of aryl methyl sites for hydroxylation is 2. The van der Waals surface area contributed by atoms with Crippen LogP contribution in [0.3, 0.4) is 0 Å². The molecule has 3 heterocycles. The van der Waals surface area contributed by atoms with Crippen LogP contribution in [-0.4, -0.2) is 27.6 Å². The van der Waals surface area contributed by atoms with Gasteiger partial charge in [0.2, 0.25) is 0 Å². The van der Waals surface area contributed by atoms with Crippen molar-refractivity contribution in [1.29, 1.82) is 0 Å². The molecule has 7 heteroatoms. The molecular formula is C28H25FN4O2. The fourth-order valence-corrected chi connectivity index (χ4v) is 4.38. The summed E-state index contributed by atoms with van der Waals surface area (Å²) in [5.74, 6) is 0.812. The molecule has 1 amide bonds. The third kappa shape index (κ3) is 4.10. The number of aromatic nitrogens is 3. The lowest BCUT2D eigenvalue weighted by molar-refractivity contribution is -0.113. The van der Waals surface area contributed by atoms with Gasteiger partial charge in [0.15, 0.2) is 0 Å². The highest BCUT2D eigenvalue weighted by Gasteiger charge is 2.37. The third-order valence-electron chi connectivity index (χ3n) is 6.23. The smallest absolute Gasteiger partial charge is 0.260 e. The van der Waals surface area contributed by atoms with E-state index in [0.717, 1.165) is 33.8 Å². The number of ether oxygens (including phenoxy) is 1. The number of imidazole rings is 1. The molecule has 0 saturated heterocycles. The number of nitrogens with zero attached hydrogens (tertiary/aromatic N) is 4. The van der Waals surface area contributed by atoms with Crippen molar-refractivity contribution in [2.75, 3.05) is 12.0 Å². The number of amides is 1. The first-order valence-electron chi connectivity index (χ1n) is 11.3. The van der Waals surface area contributed by atoms with E-state index >= 15 is 0 Å². The van der Waals surface area contributed by atoms with E-state index in [9.17, 15) is 9.18 Å². The molecule has 0 spiro atoms. The molecule has 0 saturated carbocycles. The Morgan fingerprint density at radius 2 is 1.80 bits per heavy atom. The summed E-state index contributed by atoms with van der Waals surface area (Å²) in [6, 6.07) is 15.5. The topological polar surface area (TPSA) is 60.2 Å². The molecule has 6 nitrogen and oxygen atoms in total. The number of rotatable bonds is 5. The van der Waals surface area contributed by atoms with Gasteiger partial charge in [0.1, 0.15) is 17.4 Å². The fraction of sp³-hybridized carbons (Fsp3) is 0.179. The van der Waals surface area contributed by atoms with Gasteiger partial charge in [-0.3, -0.25) is 9.69 Å². The molecule has 5 rings (SSSR count). The van der Waals surface area contributed by atoms with Crippen molar-refractivity contribution in [3.8, 4) is 11.4 Å². The number of fused-ring (bicyclic) bond motifs is 1. The lowest BCUT2D eigenvalue weighted by atomic mass is 10.0. The summed E-state index contributed by atoms with van der Waals surface area (Å²) in [4.78, 5) is 24.4. The number of hydrogen-bond acceptors (Lipinski definition) is 4. The average Bonchev–Trinajstić information content (AvgIpc) is 3.39. The van der Waals surface area contributed by atoms with Crippen LogP contribution in [0.1, 0.15) is 41.0 Å². The molecule has 0 N–H and O–H groups in total. The van der Waals surface area contributed by atoms with Crippen LogP contribution >= 0.6 is 0 Å². The molecule has 1 aliphatic heterocycles. The molecule has 1 atom stereocenters. The van der Waals surface area contributed by atoms with Crippen molar-refractivity contribution in [2.24, 2.45) is 0 Å². The summed E-state index contributed by atoms with van der Waals surface area (Å²) in [6.45, 7) is 5.75. The van der Waals surface area contributed by atoms with E-state index in [0.29, 0.717) is 17.1 Å². The van der Waals surface area contributed by atoms with Crippen molar-refractivity contribution in [2.45, 2.75) is 26.8 Å². The van der Waals surface area contributed by atoms with Crippen LogP contribution in [0.4, 0.5) is 10.2 Å². The molecule has 1 aliphatic rings. The Kier molecular flexibility index (Phi) is 5.68. The molecule has 0 aliphatic carbocycles. The maximum Gasteiger partial charge on any atom is 0.260 e. The van der Waals surface area contributed by atoms with E-state index < -0.39 is 0 Å². The zero-order valence-electron chi connectivity index (χ0n) is 20.0. The average molecular weight is 469 g/mol. The van der Waals surface area contributed by atoms with Crippen molar-refractivity contribution in [3.05, 3.63) is 101 Å². The van der Waals surface area contributed by atoms with E-state index in [1.54, 1.807) is 30.5 Å². The molecule has 0 bridgehead atoms. The van der Waals surface area contributed by atoms with Gasteiger partial charge in [-0.2, -0.15) is 0 Å². The van der Waals surface area contributed by atoms with E-state index in [4.69, 9.17) is 4.74 Å². The number of pyridine rings is 1. The Labute approximate surface area is 203 Å². The van der Waals surface area contributed by atoms with Gasteiger partial charge in [0.05, 0.1) is 36.4 Å². The van der Waals surface area contributed by atoms with Gasteiger partial charge in [-0.1, -0.05) is 18.2 Å². The predicted molar refractivity (Wildman–Crippen MR) is 134 cm³/mol. The first kappa shape index (κ1) is 22.5. The number of halogens is 1. The van der Waals surface area contributed by atoms with E-state index in [-0.39, 0.29) is 17.8 Å². The van der Waals surface area contributed by atoms with Gasteiger partial charge < -0.3 is 9.30 Å². The van der Waals surface area contributed by atoms with Gasteiger partial charge in [0.25, 0.3) is 5.91 Å². The highest BCUT2D eigenvalue weighted by atomic mass is 19.1. The Balaban J connectivity index is 1.57. The lowest BCUT2D eigenvalue weighted by Crippen LogP contribution is -2.30. The van der Waals surface area contributed by atoms with Crippen LogP contribution in [0.15, 0.2) is 67.1 Å². The minimum Gasteiger partial charge on any atom is -0.495 e. The van der Waals surface area contributed by atoms with Gasteiger partial charge in [-0.15, -0.1) is 0 Å². The Morgan fingerprint density at radius 1 is 1.03 bits per heavy atom. The van der Waals surface area contributed by atoms with Crippen LogP contribution in [0.2, 0.25) is 0 Å². The summed E-state index contributed by atoms with van der Waals surface area (Å²) in [6.07, 6.45) is 5.53. The number of carbonyl (C=O) groups is 1. The number of carbonyl (C=O) groups excluding carboxylic acids is 1. The zero-order valence-corrected chi connectivity index (χ0v) is 20.0. The van der Waals surface area contributed by atoms with E-state index in [1.165, 1.54) is 12.1 Å². The van der Waals surface area contributed by atoms with Crippen molar-refractivity contribution in [3.63, 3.8) is 0 Å². The monoisotopic (exact) mass is 468 g/mol. The molecule has 0 fully saturated rings. The number of hydrogen-bond donors (Lipinski definition) is 0. The van der Waals surface area contributed by atoms with Crippen LogP contribution in [0, 0.1) is 19.7 Å². The standard InChI is InChI=1S/C28H25FN4O2/c1-17-5-11-23-24(13-20-6-12-25(26(14-20)35-4)32-15-18(2)30-16-32)28(34)33(27(23)31-17)19(3)21-7-9-22(29)10-8-21/h5-16,19H,1-4H3/b24-13+. The minimum atomic E-state index is -0.316. The summed E-state index contributed by atoms with van der Waals surface area (Å²) in [7, 11) is 1.62. The van der Waals surface area contributed by atoms with Gasteiger partial charge in [-0.05, 0) is 74.4 Å². The number of methoxy groups -OCH3 is 1. The molecule has 2 aromatic heterocycles. The molecule has 2 aromatic carbocycles. The second kappa shape index (κ2) is 8.83. The summed E-state index contributed by atoms with van der Waals surface area (Å²) in [5, 5.41) is 0. The van der Waals surface area contributed by atoms with Gasteiger partial charge in [-0.25, -0.2) is 14.4 Å². The third-order valence-corrected chi connectivity index (χ3v) is 6.23. The van der Waals surface area contributed by atoms with E-state index in [2.05, 4.69) is 9.97 Å². The molecule has 1 unspecified atom stereocenters. The van der Waals surface area contributed by atoms with Crippen LogP contribution in [0.25, 0.3) is 17.3 Å². The van der Waals surface area contributed by atoms with Crippen LogP contribution in [-0.2, 0) is 4.79 Å². The molecule has 176 valence electrons. The lowest BCUT2D eigenvalue weighted by Gasteiger charge is -2.24. The van der Waals surface area contributed by atoms with Crippen LogP contribution in [0.5, 0.6) is 5.75 Å². The highest BCUT2D eigenvalue weighted by Crippen LogP contribution is 2.41. The predicted octanol–water partition coefficient (Wildman–Crippen LogP) is 5.68. The fourth-order valence-electron chi connectivity index (χ4n) is 4.38. The minimum absolute atomic E-state index is 0.150. The zero-order chi connectivity index (χ0) is 24.7. The SMILES string of the molecule is COc1cc(/C=C2/C(=O)N(C(C)c3ccc(F)cc3)c3nc(C)ccc32)ccc1-n1cnc(C)c1. The summed E-state index contributed by atoms with van der Waals surface area (Å²) in [5.41, 5.74) is 5.56. The Morgan fingerprint density at radius 3 is 2.49 bits per heavy atom. The van der Waals surface area contributed by atoms with Crippen molar-refractivity contribution < 1.29 is 13.9 Å². The molecule has 4 aromatic rings. The normalized spacial score (nSPS) is 14.9. The maximum atomic E-state index is 13.7.